The molecule has 0 aromatic carbocycles. The summed E-state index contributed by atoms with van der Waals surface area (Å²) in [6.45, 7) is 2.50. The highest BCUT2D eigenvalue weighted by atomic mass is 16.5. The van der Waals surface area contributed by atoms with Gasteiger partial charge in [-0.25, -0.2) is 9.97 Å². The second-order valence-electron chi connectivity index (χ2n) is 6.66. The number of piperazine rings is 1. The van der Waals surface area contributed by atoms with E-state index in [9.17, 15) is 4.79 Å². The molecule has 0 spiro atoms. The second kappa shape index (κ2) is 7.27. The average molecular weight is 390 g/mol. The fourth-order valence-corrected chi connectivity index (χ4v) is 3.35. The average Bonchev–Trinajstić information content (AvgIpc) is 3.55. The van der Waals surface area contributed by atoms with Gasteiger partial charge in [0.1, 0.15) is 18.0 Å². The van der Waals surface area contributed by atoms with E-state index in [-0.39, 0.29) is 11.6 Å². The van der Waals surface area contributed by atoms with Crippen molar-refractivity contribution in [1.82, 2.24) is 24.6 Å². The van der Waals surface area contributed by atoms with Gasteiger partial charge >= 0.3 is 0 Å². The second-order valence-corrected chi connectivity index (χ2v) is 6.66. The Bertz CT molecular complexity index is 1100. The van der Waals surface area contributed by atoms with E-state index in [1.807, 2.05) is 35.2 Å². The third-order valence-electron chi connectivity index (χ3n) is 4.89. The minimum Gasteiger partial charge on any atom is -0.461 e. The zero-order valence-corrected chi connectivity index (χ0v) is 15.5. The van der Waals surface area contributed by atoms with Gasteiger partial charge in [-0.05, 0) is 24.3 Å². The van der Waals surface area contributed by atoms with Gasteiger partial charge in [0.15, 0.2) is 11.5 Å². The Morgan fingerprint density at radius 1 is 0.931 bits per heavy atom. The lowest BCUT2D eigenvalue weighted by molar-refractivity contribution is 0.0736. The molecule has 1 amide bonds. The molecule has 1 aliphatic heterocycles. The molecule has 9 nitrogen and oxygen atoms in total. The Hall–Kier alpha value is -3.88. The highest BCUT2D eigenvalue weighted by molar-refractivity contribution is 5.93. The zero-order valence-electron chi connectivity index (χ0n) is 15.5. The van der Waals surface area contributed by atoms with Crippen molar-refractivity contribution < 1.29 is 13.7 Å². The number of rotatable bonds is 4. The van der Waals surface area contributed by atoms with Gasteiger partial charge in [-0.2, -0.15) is 0 Å². The standard InChI is InChI=1S/C20H18N6O3/c27-20(15-12-17(29-23-15)16-4-3-11-28-16)26-9-7-25(8-10-26)19-13-18(21-14-22-19)24-5-1-2-6-24/h1-6,11-14H,7-10H2. The monoisotopic (exact) mass is 390 g/mol. The molecule has 1 fully saturated rings. The van der Waals surface area contributed by atoms with Gasteiger partial charge in [-0.1, -0.05) is 5.16 Å². The highest BCUT2D eigenvalue weighted by Crippen LogP contribution is 2.22. The van der Waals surface area contributed by atoms with Gasteiger partial charge in [0.05, 0.1) is 6.26 Å². The summed E-state index contributed by atoms with van der Waals surface area (Å²) in [5.74, 6) is 2.49. The van der Waals surface area contributed by atoms with Crippen molar-refractivity contribution in [2.24, 2.45) is 0 Å². The van der Waals surface area contributed by atoms with Crippen molar-refractivity contribution in [3.63, 3.8) is 0 Å². The summed E-state index contributed by atoms with van der Waals surface area (Å²) < 4.78 is 12.5. The first-order valence-electron chi connectivity index (χ1n) is 9.28. The highest BCUT2D eigenvalue weighted by Gasteiger charge is 2.26. The molecule has 146 valence electrons. The van der Waals surface area contributed by atoms with Crippen molar-refractivity contribution in [1.29, 1.82) is 0 Å². The van der Waals surface area contributed by atoms with Crippen LogP contribution in [0.3, 0.4) is 0 Å². The molecule has 1 saturated heterocycles. The zero-order chi connectivity index (χ0) is 19.6. The molecule has 0 aliphatic carbocycles. The van der Waals surface area contributed by atoms with Crippen molar-refractivity contribution >= 4 is 11.7 Å². The minimum absolute atomic E-state index is 0.151. The van der Waals surface area contributed by atoms with Gasteiger partial charge in [0.25, 0.3) is 5.91 Å². The molecule has 9 heteroatoms. The number of nitrogens with zero attached hydrogens (tertiary/aromatic N) is 6. The number of anilines is 1. The van der Waals surface area contributed by atoms with Crippen LogP contribution < -0.4 is 4.90 Å². The number of aromatic nitrogens is 4. The lowest BCUT2D eigenvalue weighted by Crippen LogP contribution is -2.49. The first kappa shape index (κ1) is 17.2. The fourth-order valence-electron chi connectivity index (χ4n) is 3.35. The van der Waals surface area contributed by atoms with Gasteiger partial charge in [0.2, 0.25) is 5.76 Å². The lowest BCUT2D eigenvalue weighted by atomic mass is 10.2. The largest absolute Gasteiger partial charge is 0.461 e. The Balaban J connectivity index is 1.25. The number of hydrogen-bond donors (Lipinski definition) is 0. The smallest absolute Gasteiger partial charge is 0.276 e. The summed E-state index contributed by atoms with van der Waals surface area (Å²) >= 11 is 0. The molecule has 0 unspecified atom stereocenters. The molecule has 0 bridgehead atoms. The number of hydrogen-bond acceptors (Lipinski definition) is 7. The van der Waals surface area contributed by atoms with Crippen LogP contribution in [0.4, 0.5) is 5.82 Å². The maximum Gasteiger partial charge on any atom is 0.276 e. The molecule has 4 aromatic heterocycles. The van der Waals surface area contributed by atoms with E-state index in [2.05, 4.69) is 20.0 Å². The van der Waals surface area contributed by atoms with Gasteiger partial charge in [-0.15, -0.1) is 0 Å². The maximum atomic E-state index is 12.8. The quantitative estimate of drug-likeness (QED) is 0.528. The fraction of sp³-hybridized carbons (Fsp3) is 0.200. The number of carbonyl (C=O) groups excluding carboxylic acids is 1. The Labute approximate surface area is 166 Å². The molecule has 29 heavy (non-hydrogen) atoms. The summed E-state index contributed by atoms with van der Waals surface area (Å²) in [6.07, 6.45) is 7.00. The number of amides is 1. The van der Waals surface area contributed by atoms with E-state index in [0.29, 0.717) is 37.7 Å². The number of carbonyl (C=O) groups is 1. The van der Waals surface area contributed by atoms with Crippen LogP contribution in [-0.4, -0.2) is 56.7 Å². The topological polar surface area (TPSA) is 93.4 Å². The predicted octanol–water partition coefficient (Wildman–Crippen LogP) is 2.48. The Morgan fingerprint density at radius 3 is 2.48 bits per heavy atom. The molecule has 5 rings (SSSR count). The van der Waals surface area contributed by atoms with Crippen LogP contribution in [0.15, 0.2) is 70.3 Å². The van der Waals surface area contributed by atoms with Crippen LogP contribution in [0.5, 0.6) is 0 Å². The predicted molar refractivity (Wildman–Crippen MR) is 104 cm³/mol. The van der Waals surface area contributed by atoms with Crippen LogP contribution >= 0.6 is 0 Å². The van der Waals surface area contributed by atoms with E-state index in [1.54, 1.807) is 35.7 Å². The summed E-state index contributed by atoms with van der Waals surface area (Å²) in [5, 5.41) is 3.90. The van der Waals surface area contributed by atoms with Crippen molar-refractivity contribution in [2.45, 2.75) is 0 Å². The first-order valence-corrected chi connectivity index (χ1v) is 9.28. The first-order chi connectivity index (χ1) is 14.3. The molecule has 4 aromatic rings. The normalized spacial score (nSPS) is 14.3. The van der Waals surface area contributed by atoms with Crippen LogP contribution in [-0.2, 0) is 0 Å². The van der Waals surface area contributed by atoms with Gasteiger partial charge in [-0.3, -0.25) is 4.79 Å². The minimum atomic E-state index is -0.151. The van der Waals surface area contributed by atoms with Crippen LogP contribution in [0.1, 0.15) is 10.5 Å². The van der Waals surface area contributed by atoms with Crippen LogP contribution in [0.2, 0.25) is 0 Å². The molecule has 0 radical (unpaired) electrons. The third-order valence-corrected chi connectivity index (χ3v) is 4.89. The van der Waals surface area contributed by atoms with Crippen LogP contribution in [0.25, 0.3) is 17.3 Å². The van der Waals surface area contributed by atoms with E-state index in [1.165, 1.54) is 0 Å². The number of furan rings is 1. The molecule has 0 N–H and O–H groups in total. The molecule has 5 heterocycles. The van der Waals surface area contributed by atoms with E-state index >= 15 is 0 Å². The third kappa shape index (κ3) is 3.38. The summed E-state index contributed by atoms with van der Waals surface area (Å²) in [5.41, 5.74) is 0.279. The van der Waals surface area contributed by atoms with Crippen LogP contribution in [0, 0.1) is 0 Å². The molecule has 0 saturated carbocycles. The molecular formula is C20H18N6O3. The summed E-state index contributed by atoms with van der Waals surface area (Å²) in [7, 11) is 0. The Kier molecular flexibility index (Phi) is 4.32. The van der Waals surface area contributed by atoms with E-state index in [4.69, 9.17) is 8.94 Å². The summed E-state index contributed by atoms with van der Waals surface area (Å²) in [6, 6.07) is 11.0. The molecular weight excluding hydrogens is 372 g/mol. The van der Waals surface area contributed by atoms with Crippen molar-refractivity contribution in [3.8, 4) is 17.3 Å². The lowest BCUT2D eigenvalue weighted by Gasteiger charge is -2.35. The maximum absolute atomic E-state index is 12.8. The SMILES string of the molecule is O=C(c1cc(-c2ccco2)on1)N1CCN(c2cc(-n3cccc3)ncn2)CC1. The van der Waals surface area contributed by atoms with Crippen molar-refractivity contribution in [2.75, 3.05) is 31.1 Å². The Morgan fingerprint density at radius 2 is 1.72 bits per heavy atom. The van der Waals surface area contributed by atoms with E-state index < -0.39 is 0 Å². The molecule has 1 aliphatic rings. The van der Waals surface area contributed by atoms with Crippen molar-refractivity contribution in [3.05, 3.63) is 67.1 Å². The van der Waals surface area contributed by atoms with E-state index in [0.717, 1.165) is 11.6 Å². The molecule has 0 atom stereocenters. The van der Waals surface area contributed by atoms with Gasteiger partial charge < -0.3 is 23.3 Å². The summed E-state index contributed by atoms with van der Waals surface area (Å²) in [4.78, 5) is 25.4. The van der Waals surface area contributed by atoms with Gasteiger partial charge in [0, 0.05) is 50.7 Å².